The molecular formula is C17H17FN2. The molecule has 0 amide bonds. The first-order valence-electron chi connectivity index (χ1n) is 7.37. The molecule has 2 aliphatic carbocycles. The van der Waals surface area contributed by atoms with Crippen LogP contribution in [0.4, 0.5) is 4.39 Å². The molecule has 3 atom stereocenters. The van der Waals surface area contributed by atoms with Gasteiger partial charge in [0, 0.05) is 17.2 Å². The van der Waals surface area contributed by atoms with Crippen molar-refractivity contribution in [2.75, 3.05) is 0 Å². The van der Waals surface area contributed by atoms with Gasteiger partial charge < -0.3 is 0 Å². The molecule has 3 heteroatoms. The normalized spacial score (nSPS) is 27.9. The van der Waals surface area contributed by atoms with Crippen LogP contribution < -0.4 is 0 Å². The van der Waals surface area contributed by atoms with Crippen molar-refractivity contribution in [3.63, 3.8) is 0 Å². The van der Waals surface area contributed by atoms with E-state index in [4.69, 9.17) is 0 Å². The maximum absolute atomic E-state index is 13.0. The zero-order valence-electron chi connectivity index (χ0n) is 11.3. The van der Waals surface area contributed by atoms with E-state index in [1.165, 1.54) is 43.5 Å². The highest BCUT2D eigenvalue weighted by Gasteiger charge is 2.40. The highest BCUT2D eigenvalue weighted by molar-refractivity contribution is 5.59. The molecule has 2 aromatic rings. The SMILES string of the molecule is Fc1ccc(-c2cc(C3CC4CCC3C4)ncn2)cc1. The Morgan fingerprint density at radius 1 is 1.00 bits per heavy atom. The lowest BCUT2D eigenvalue weighted by Crippen LogP contribution is -2.10. The van der Waals surface area contributed by atoms with E-state index in [2.05, 4.69) is 16.0 Å². The van der Waals surface area contributed by atoms with Gasteiger partial charge in [-0.15, -0.1) is 0 Å². The van der Waals surface area contributed by atoms with Crippen molar-refractivity contribution in [1.82, 2.24) is 9.97 Å². The Kier molecular flexibility index (Phi) is 2.79. The third-order valence-electron chi connectivity index (χ3n) is 4.95. The Morgan fingerprint density at radius 3 is 2.55 bits per heavy atom. The van der Waals surface area contributed by atoms with Gasteiger partial charge >= 0.3 is 0 Å². The Bertz CT molecular complexity index is 623. The molecule has 2 aliphatic rings. The predicted molar refractivity (Wildman–Crippen MR) is 75.6 cm³/mol. The zero-order valence-corrected chi connectivity index (χ0v) is 11.3. The average Bonchev–Trinajstić information content (AvgIpc) is 3.11. The van der Waals surface area contributed by atoms with Gasteiger partial charge in [0.15, 0.2) is 0 Å². The molecule has 0 saturated heterocycles. The molecule has 2 saturated carbocycles. The molecule has 1 aromatic carbocycles. The van der Waals surface area contributed by atoms with Gasteiger partial charge in [-0.1, -0.05) is 6.42 Å². The van der Waals surface area contributed by atoms with Crippen LogP contribution in [0.1, 0.15) is 37.3 Å². The second-order valence-corrected chi connectivity index (χ2v) is 6.12. The minimum absolute atomic E-state index is 0.212. The fourth-order valence-corrected chi connectivity index (χ4v) is 3.96. The maximum atomic E-state index is 13.0. The molecule has 2 fully saturated rings. The topological polar surface area (TPSA) is 25.8 Å². The number of benzene rings is 1. The number of rotatable bonds is 2. The summed E-state index contributed by atoms with van der Waals surface area (Å²) in [7, 11) is 0. The van der Waals surface area contributed by atoms with Crippen LogP contribution in [0.15, 0.2) is 36.7 Å². The van der Waals surface area contributed by atoms with Crippen molar-refractivity contribution >= 4 is 0 Å². The summed E-state index contributed by atoms with van der Waals surface area (Å²) < 4.78 is 13.0. The van der Waals surface area contributed by atoms with Crippen molar-refractivity contribution in [3.8, 4) is 11.3 Å². The van der Waals surface area contributed by atoms with E-state index in [-0.39, 0.29) is 5.82 Å². The minimum atomic E-state index is -0.212. The Balaban J connectivity index is 1.66. The third-order valence-corrected chi connectivity index (χ3v) is 4.95. The van der Waals surface area contributed by atoms with Gasteiger partial charge in [-0.25, -0.2) is 14.4 Å². The number of aromatic nitrogens is 2. The van der Waals surface area contributed by atoms with E-state index in [1.807, 2.05) is 0 Å². The standard InChI is InChI=1S/C17H17FN2/c18-14-5-3-12(4-6-14)16-9-17(20-10-19-16)15-8-11-1-2-13(15)7-11/h3-6,9-11,13,15H,1-2,7-8H2. The van der Waals surface area contributed by atoms with Crippen LogP contribution in [0.5, 0.6) is 0 Å². The molecule has 2 nitrogen and oxygen atoms in total. The molecule has 20 heavy (non-hydrogen) atoms. The molecule has 1 heterocycles. The van der Waals surface area contributed by atoms with Gasteiger partial charge in [0.25, 0.3) is 0 Å². The molecule has 0 N–H and O–H groups in total. The molecule has 0 aliphatic heterocycles. The minimum Gasteiger partial charge on any atom is -0.241 e. The van der Waals surface area contributed by atoms with Gasteiger partial charge in [0.05, 0.1) is 5.69 Å². The van der Waals surface area contributed by atoms with Crippen LogP contribution >= 0.6 is 0 Å². The summed E-state index contributed by atoms with van der Waals surface area (Å²) in [6.45, 7) is 0. The van der Waals surface area contributed by atoms with E-state index >= 15 is 0 Å². The van der Waals surface area contributed by atoms with Crippen LogP contribution in [0.2, 0.25) is 0 Å². The molecule has 1 aromatic heterocycles. The fourth-order valence-electron chi connectivity index (χ4n) is 3.96. The summed E-state index contributed by atoms with van der Waals surface area (Å²) in [5, 5.41) is 0. The molecule has 102 valence electrons. The van der Waals surface area contributed by atoms with E-state index in [0.29, 0.717) is 5.92 Å². The molecule has 4 rings (SSSR count). The second-order valence-electron chi connectivity index (χ2n) is 6.12. The van der Waals surface area contributed by atoms with Crippen LogP contribution in [0, 0.1) is 17.7 Å². The zero-order chi connectivity index (χ0) is 13.5. The van der Waals surface area contributed by atoms with Crippen LogP contribution in [-0.4, -0.2) is 9.97 Å². The summed E-state index contributed by atoms with van der Waals surface area (Å²) in [6.07, 6.45) is 7.06. The van der Waals surface area contributed by atoms with Gasteiger partial charge in [-0.3, -0.25) is 0 Å². The highest BCUT2D eigenvalue weighted by Crippen LogP contribution is 2.52. The summed E-state index contributed by atoms with van der Waals surface area (Å²) in [5.74, 6) is 2.12. The van der Waals surface area contributed by atoms with Crippen molar-refractivity contribution in [3.05, 3.63) is 48.2 Å². The summed E-state index contributed by atoms with van der Waals surface area (Å²) >= 11 is 0. The number of nitrogens with zero attached hydrogens (tertiary/aromatic N) is 2. The van der Waals surface area contributed by atoms with E-state index < -0.39 is 0 Å². The molecule has 3 unspecified atom stereocenters. The average molecular weight is 268 g/mol. The molecular weight excluding hydrogens is 251 g/mol. The van der Waals surface area contributed by atoms with E-state index in [9.17, 15) is 4.39 Å². The van der Waals surface area contributed by atoms with Crippen molar-refractivity contribution in [1.29, 1.82) is 0 Å². The lowest BCUT2D eigenvalue weighted by molar-refractivity contribution is 0.413. The third kappa shape index (κ3) is 2.01. The van der Waals surface area contributed by atoms with Crippen LogP contribution in [0.25, 0.3) is 11.3 Å². The summed E-state index contributed by atoms with van der Waals surface area (Å²) in [4.78, 5) is 8.84. The second kappa shape index (κ2) is 4.65. The van der Waals surface area contributed by atoms with Gasteiger partial charge in [-0.2, -0.15) is 0 Å². The first-order valence-corrected chi connectivity index (χ1v) is 7.37. The van der Waals surface area contributed by atoms with Crippen molar-refractivity contribution in [2.45, 2.75) is 31.6 Å². The smallest absolute Gasteiger partial charge is 0.123 e. The molecule has 0 radical (unpaired) electrons. The number of hydrogen-bond acceptors (Lipinski definition) is 2. The number of fused-ring (bicyclic) bond motifs is 2. The van der Waals surface area contributed by atoms with Gasteiger partial charge in [-0.05, 0) is 61.4 Å². The Morgan fingerprint density at radius 2 is 1.85 bits per heavy atom. The quantitative estimate of drug-likeness (QED) is 0.816. The van der Waals surface area contributed by atoms with E-state index in [0.717, 1.165) is 23.1 Å². The monoisotopic (exact) mass is 268 g/mol. The lowest BCUT2D eigenvalue weighted by Gasteiger charge is -2.21. The lowest BCUT2D eigenvalue weighted by atomic mass is 9.86. The first-order chi connectivity index (χ1) is 9.79. The van der Waals surface area contributed by atoms with Gasteiger partial charge in [0.1, 0.15) is 12.1 Å². The Labute approximate surface area is 118 Å². The molecule has 2 bridgehead atoms. The first kappa shape index (κ1) is 12.0. The van der Waals surface area contributed by atoms with Gasteiger partial charge in [0.2, 0.25) is 0 Å². The predicted octanol–water partition coefficient (Wildman–Crippen LogP) is 4.19. The Hall–Kier alpha value is -1.77. The summed E-state index contributed by atoms with van der Waals surface area (Å²) in [5.41, 5.74) is 3.03. The number of hydrogen-bond donors (Lipinski definition) is 0. The van der Waals surface area contributed by atoms with Crippen LogP contribution in [0.3, 0.4) is 0 Å². The van der Waals surface area contributed by atoms with Crippen LogP contribution in [-0.2, 0) is 0 Å². The van der Waals surface area contributed by atoms with E-state index in [1.54, 1.807) is 18.5 Å². The fraction of sp³-hybridized carbons (Fsp3) is 0.412. The van der Waals surface area contributed by atoms with Crippen molar-refractivity contribution in [2.24, 2.45) is 11.8 Å². The number of halogens is 1. The molecule has 0 spiro atoms. The largest absolute Gasteiger partial charge is 0.241 e. The van der Waals surface area contributed by atoms with Crippen molar-refractivity contribution < 1.29 is 4.39 Å². The highest BCUT2D eigenvalue weighted by atomic mass is 19.1. The summed E-state index contributed by atoms with van der Waals surface area (Å²) in [6, 6.07) is 8.62. The maximum Gasteiger partial charge on any atom is 0.123 e.